The SMILES string of the molecule is C=C1CNC(CC(C)(C)C)=C(C)C1. The van der Waals surface area contributed by atoms with E-state index in [-0.39, 0.29) is 0 Å². The van der Waals surface area contributed by atoms with Gasteiger partial charge >= 0.3 is 0 Å². The monoisotopic (exact) mass is 179 g/mol. The highest BCUT2D eigenvalue weighted by Gasteiger charge is 2.17. The molecule has 1 aliphatic rings. The van der Waals surface area contributed by atoms with Crippen LogP contribution in [-0.4, -0.2) is 6.54 Å². The third-order valence-electron chi connectivity index (χ3n) is 2.29. The van der Waals surface area contributed by atoms with Gasteiger partial charge in [0.1, 0.15) is 0 Å². The molecule has 0 saturated heterocycles. The molecule has 1 aliphatic heterocycles. The molecule has 1 rings (SSSR count). The van der Waals surface area contributed by atoms with Crippen LogP contribution in [0.1, 0.15) is 40.5 Å². The lowest BCUT2D eigenvalue weighted by molar-refractivity contribution is 0.395. The van der Waals surface area contributed by atoms with Crippen molar-refractivity contribution in [2.24, 2.45) is 5.41 Å². The zero-order chi connectivity index (χ0) is 10.1. The second kappa shape index (κ2) is 3.57. The van der Waals surface area contributed by atoms with Crippen LogP contribution in [0.4, 0.5) is 0 Å². The molecular weight excluding hydrogens is 158 g/mol. The molecular formula is C12H21N. The van der Waals surface area contributed by atoms with Gasteiger partial charge in [-0.3, -0.25) is 0 Å². The Morgan fingerprint density at radius 3 is 2.46 bits per heavy atom. The maximum absolute atomic E-state index is 4.00. The van der Waals surface area contributed by atoms with E-state index in [0.717, 1.165) is 19.4 Å². The van der Waals surface area contributed by atoms with Gasteiger partial charge in [0, 0.05) is 12.2 Å². The molecule has 1 nitrogen and oxygen atoms in total. The highest BCUT2D eigenvalue weighted by molar-refractivity contribution is 5.24. The van der Waals surface area contributed by atoms with Gasteiger partial charge in [-0.25, -0.2) is 0 Å². The van der Waals surface area contributed by atoms with E-state index in [9.17, 15) is 0 Å². The minimum Gasteiger partial charge on any atom is -0.385 e. The van der Waals surface area contributed by atoms with Crippen LogP contribution in [0.25, 0.3) is 0 Å². The summed E-state index contributed by atoms with van der Waals surface area (Å²) in [5.41, 5.74) is 4.57. The van der Waals surface area contributed by atoms with E-state index in [1.54, 1.807) is 0 Å². The molecule has 0 aromatic rings. The summed E-state index contributed by atoms with van der Waals surface area (Å²) in [6.45, 7) is 14.0. The molecule has 0 saturated carbocycles. The van der Waals surface area contributed by atoms with E-state index in [1.165, 1.54) is 16.8 Å². The quantitative estimate of drug-likeness (QED) is 0.609. The Kier molecular flexibility index (Phi) is 2.84. The summed E-state index contributed by atoms with van der Waals surface area (Å²) < 4.78 is 0. The van der Waals surface area contributed by atoms with Crippen molar-refractivity contribution in [3.05, 3.63) is 23.4 Å². The predicted octanol–water partition coefficient (Wildman–Crippen LogP) is 3.25. The zero-order valence-electron chi connectivity index (χ0n) is 9.33. The molecule has 0 aromatic heterocycles. The number of hydrogen-bond donors (Lipinski definition) is 1. The second-order valence-corrected chi connectivity index (χ2v) is 5.28. The number of allylic oxidation sites excluding steroid dienone is 2. The first-order valence-corrected chi connectivity index (χ1v) is 4.97. The van der Waals surface area contributed by atoms with Crippen molar-refractivity contribution in [1.82, 2.24) is 5.32 Å². The Morgan fingerprint density at radius 2 is 2.00 bits per heavy atom. The fourth-order valence-corrected chi connectivity index (χ4v) is 1.67. The maximum atomic E-state index is 4.00. The van der Waals surface area contributed by atoms with Crippen molar-refractivity contribution in [3.63, 3.8) is 0 Å². The van der Waals surface area contributed by atoms with Crippen molar-refractivity contribution in [2.75, 3.05) is 6.54 Å². The van der Waals surface area contributed by atoms with Gasteiger partial charge in [-0.1, -0.05) is 38.5 Å². The fraction of sp³-hybridized carbons (Fsp3) is 0.667. The Labute approximate surface area is 81.9 Å². The summed E-state index contributed by atoms with van der Waals surface area (Å²) in [6, 6.07) is 0. The van der Waals surface area contributed by atoms with Gasteiger partial charge in [-0.2, -0.15) is 0 Å². The highest BCUT2D eigenvalue weighted by atomic mass is 14.9. The average Bonchev–Trinajstić information content (AvgIpc) is 1.93. The lowest BCUT2D eigenvalue weighted by Gasteiger charge is -2.27. The van der Waals surface area contributed by atoms with E-state index >= 15 is 0 Å². The minimum atomic E-state index is 0.377. The predicted molar refractivity (Wildman–Crippen MR) is 58.5 cm³/mol. The van der Waals surface area contributed by atoms with E-state index < -0.39 is 0 Å². The van der Waals surface area contributed by atoms with Crippen molar-refractivity contribution in [3.8, 4) is 0 Å². The van der Waals surface area contributed by atoms with Gasteiger partial charge in [-0.15, -0.1) is 0 Å². The molecule has 0 unspecified atom stereocenters. The van der Waals surface area contributed by atoms with Crippen molar-refractivity contribution >= 4 is 0 Å². The summed E-state index contributed by atoms with van der Waals surface area (Å²) in [6.07, 6.45) is 2.23. The van der Waals surface area contributed by atoms with E-state index in [0.29, 0.717) is 5.41 Å². The minimum absolute atomic E-state index is 0.377. The maximum Gasteiger partial charge on any atom is 0.0357 e. The van der Waals surface area contributed by atoms with Gasteiger partial charge in [0.05, 0.1) is 0 Å². The van der Waals surface area contributed by atoms with Gasteiger partial charge in [-0.05, 0) is 25.2 Å². The van der Waals surface area contributed by atoms with Crippen molar-refractivity contribution in [1.29, 1.82) is 0 Å². The first-order chi connectivity index (χ1) is 5.88. The molecule has 1 N–H and O–H groups in total. The number of hydrogen-bond acceptors (Lipinski definition) is 1. The summed E-state index contributed by atoms with van der Waals surface area (Å²) >= 11 is 0. The molecule has 13 heavy (non-hydrogen) atoms. The van der Waals surface area contributed by atoms with E-state index in [2.05, 4.69) is 39.6 Å². The third kappa shape index (κ3) is 3.25. The molecule has 1 heteroatoms. The van der Waals surface area contributed by atoms with Crippen LogP contribution in [0.3, 0.4) is 0 Å². The molecule has 0 spiro atoms. The van der Waals surface area contributed by atoms with Gasteiger partial charge in [0.15, 0.2) is 0 Å². The highest BCUT2D eigenvalue weighted by Crippen LogP contribution is 2.28. The molecule has 74 valence electrons. The summed E-state index contributed by atoms with van der Waals surface area (Å²) in [5.74, 6) is 0. The molecule has 0 amide bonds. The fourth-order valence-electron chi connectivity index (χ4n) is 1.67. The van der Waals surface area contributed by atoms with Crippen LogP contribution in [0.15, 0.2) is 23.4 Å². The lowest BCUT2D eigenvalue weighted by Crippen LogP contribution is -2.25. The van der Waals surface area contributed by atoms with Gasteiger partial charge < -0.3 is 5.32 Å². The molecule has 0 fully saturated rings. The number of rotatable bonds is 1. The molecule has 1 heterocycles. The molecule has 0 atom stereocenters. The molecule has 0 bridgehead atoms. The van der Waals surface area contributed by atoms with Crippen LogP contribution in [0.5, 0.6) is 0 Å². The third-order valence-corrected chi connectivity index (χ3v) is 2.29. The number of nitrogens with one attached hydrogen (secondary N) is 1. The Balaban J connectivity index is 2.69. The van der Waals surface area contributed by atoms with Crippen molar-refractivity contribution in [2.45, 2.75) is 40.5 Å². The van der Waals surface area contributed by atoms with Crippen LogP contribution in [0.2, 0.25) is 0 Å². The molecule has 0 aromatic carbocycles. The lowest BCUT2D eigenvalue weighted by atomic mass is 9.87. The summed E-state index contributed by atoms with van der Waals surface area (Å²) in [4.78, 5) is 0. The Hall–Kier alpha value is -0.720. The van der Waals surface area contributed by atoms with Gasteiger partial charge in [0.2, 0.25) is 0 Å². The standard InChI is InChI=1S/C12H21N/c1-9-6-10(2)11(13-8-9)7-12(3,4)5/h13H,1,6-8H2,2-5H3. The first-order valence-electron chi connectivity index (χ1n) is 4.97. The van der Waals surface area contributed by atoms with Crippen LogP contribution in [0, 0.1) is 5.41 Å². The first kappa shape index (κ1) is 10.4. The average molecular weight is 179 g/mol. The molecule has 0 radical (unpaired) electrons. The summed E-state index contributed by atoms with van der Waals surface area (Å²) in [7, 11) is 0. The van der Waals surface area contributed by atoms with Crippen LogP contribution < -0.4 is 5.32 Å². The smallest absolute Gasteiger partial charge is 0.0357 e. The second-order valence-electron chi connectivity index (χ2n) is 5.28. The topological polar surface area (TPSA) is 12.0 Å². The zero-order valence-corrected chi connectivity index (χ0v) is 9.33. The summed E-state index contributed by atoms with van der Waals surface area (Å²) in [5, 5.41) is 3.46. The molecule has 0 aliphatic carbocycles. The van der Waals surface area contributed by atoms with Gasteiger partial charge in [0.25, 0.3) is 0 Å². The van der Waals surface area contributed by atoms with E-state index in [4.69, 9.17) is 0 Å². The Bertz CT molecular complexity index is 240. The largest absolute Gasteiger partial charge is 0.385 e. The van der Waals surface area contributed by atoms with Crippen molar-refractivity contribution < 1.29 is 0 Å². The van der Waals surface area contributed by atoms with E-state index in [1.807, 2.05) is 0 Å². The van der Waals surface area contributed by atoms with Crippen LogP contribution in [-0.2, 0) is 0 Å². The van der Waals surface area contributed by atoms with Crippen LogP contribution >= 0.6 is 0 Å². The normalized spacial score (nSPS) is 18.9. The Morgan fingerprint density at radius 1 is 1.38 bits per heavy atom.